The van der Waals surface area contributed by atoms with E-state index in [9.17, 15) is 4.39 Å². The minimum absolute atomic E-state index is 0.0949. The number of piperidine rings is 1. The molecule has 1 saturated heterocycles. The first kappa shape index (κ1) is 9.94. The predicted octanol–water partition coefficient (Wildman–Crippen LogP) is 3.29. The summed E-state index contributed by atoms with van der Waals surface area (Å²) in [5.74, 6) is -0.197. The molecule has 76 valence electrons. The van der Waals surface area contributed by atoms with Crippen molar-refractivity contribution < 1.29 is 4.39 Å². The minimum Gasteiger partial charge on any atom is -0.310 e. The minimum atomic E-state index is -0.197. The molecule has 1 atom stereocenters. The zero-order chi connectivity index (χ0) is 9.97. The maximum Gasteiger partial charge on any atom is 0.129 e. The molecule has 14 heavy (non-hydrogen) atoms. The van der Waals surface area contributed by atoms with Gasteiger partial charge < -0.3 is 5.32 Å². The van der Waals surface area contributed by atoms with E-state index < -0.39 is 0 Å². The standard InChI is InChI=1S/C11H13ClFN/c12-8-4-3-5-9(13)11(8)10-6-1-2-7-14-10/h3-5,10,14H,1-2,6-7H2. The molecule has 0 aromatic heterocycles. The van der Waals surface area contributed by atoms with Crippen LogP contribution in [0.2, 0.25) is 5.02 Å². The van der Waals surface area contributed by atoms with E-state index in [-0.39, 0.29) is 11.9 Å². The fourth-order valence-corrected chi connectivity index (χ4v) is 2.24. The molecule has 1 aromatic rings. The Morgan fingerprint density at radius 2 is 2.21 bits per heavy atom. The summed E-state index contributed by atoms with van der Waals surface area (Å²) in [6.45, 7) is 0.954. The van der Waals surface area contributed by atoms with Crippen molar-refractivity contribution in [2.24, 2.45) is 0 Å². The van der Waals surface area contributed by atoms with Crippen LogP contribution < -0.4 is 5.32 Å². The molecular weight excluding hydrogens is 201 g/mol. The Bertz CT molecular complexity index is 301. The Morgan fingerprint density at radius 1 is 1.36 bits per heavy atom. The molecule has 1 aromatic carbocycles. The third-order valence-corrected chi connectivity index (χ3v) is 2.99. The highest BCUT2D eigenvalue weighted by atomic mass is 35.5. The van der Waals surface area contributed by atoms with Crippen LogP contribution in [-0.2, 0) is 0 Å². The average Bonchev–Trinajstić information content (AvgIpc) is 2.19. The van der Waals surface area contributed by atoms with Gasteiger partial charge in [-0.1, -0.05) is 24.1 Å². The molecule has 2 rings (SSSR count). The first-order chi connectivity index (χ1) is 6.79. The van der Waals surface area contributed by atoms with Crippen LogP contribution in [0, 0.1) is 5.82 Å². The fourth-order valence-electron chi connectivity index (χ4n) is 1.94. The zero-order valence-corrected chi connectivity index (χ0v) is 8.65. The summed E-state index contributed by atoms with van der Waals surface area (Å²) in [5, 5.41) is 3.82. The normalized spacial score (nSPS) is 22.3. The molecule has 1 unspecified atom stereocenters. The van der Waals surface area contributed by atoms with E-state index in [0.29, 0.717) is 10.6 Å². The smallest absolute Gasteiger partial charge is 0.129 e. The summed E-state index contributed by atoms with van der Waals surface area (Å²) in [5.41, 5.74) is 0.633. The monoisotopic (exact) mass is 213 g/mol. The maximum absolute atomic E-state index is 13.5. The highest BCUT2D eigenvalue weighted by Gasteiger charge is 2.20. The van der Waals surface area contributed by atoms with Crippen LogP contribution in [0.5, 0.6) is 0 Å². The lowest BCUT2D eigenvalue weighted by Gasteiger charge is -2.24. The van der Waals surface area contributed by atoms with Gasteiger partial charge in [0.15, 0.2) is 0 Å². The molecule has 0 bridgehead atoms. The van der Waals surface area contributed by atoms with Crippen molar-refractivity contribution in [2.45, 2.75) is 25.3 Å². The Labute approximate surface area is 88.3 Å². The van der Waals surface area contributed by atoms with Gasteiger partial charge in [0.2, 0.25) is 0 Å². The van der Waals surface area contributed by atoms with Gasteiger partial charge >= 0.3 is 0 Å². The van der Waals surface area contributed by atoms with E-state index in [2.05, 4.69) is 5.32 Å². The third-order valence-electron chi connectivity index (χ3n) is 2.66. The Kier molecular flexibility index (Phi) is 3.04. The summed E-state index contributed by atoms with van der Waals surface area (Å²) in [7, 11) is 0. The Balaban J connectivity index is 2.29. The molecule has 1 N–H and O–H groups in total. The molecule has 0 radical (unpaired) electrons. The van der Waals surface area contributed by atoms with Crippen LogP contribution in [0.3, 0.4) is 0 Å². The van der Waals surface area contributed by atoms with Crippen molar-refractivity contribution in [3.05, 3.63) is 34.6 Å². The fraction of sp³-hybridized carbons (Fsp3) is 0.455. The van der Waals surface area contributed by atoms with E-state index in [1.807, 2.05) is 0 Å². The number of halogens is 2. The van der Waals surface area contributed by atoms with E-state index >= 15 is 0 Å². The van der Waals surface area contributed by atoms with Gasteiger partial charge in [-0.3, -0.25) is 0 Å². The topological polar surface area (TPSA) is 12.0 Å². The summed E-state index contributed by atoms with van der Waals surface area (Å²) >= 11 is 5.98. The van der Waals surface area contributed by atoms with Crippen molar-refractivity contribution in [2.75, 3.05) is 6.54 Å². The van der Waals surface area contributed by atoms with E-state index in [0.717, 1.165) is 19.4 Å². The largest absolute Gasteiger partial charge is 0.310 e. The van der Waals surface area contributed by atoms with Gasteiger partial charge in [-0.25, -0.2) is 4.39 Å². The Hall–Kier alpha value is -0.600. The molecule has 0 aliphatic carbocycles. The van der Waals surface area contributed by atoms with Crippen LogP contribution in [0.15, 0.2) is 18.2 Å². The molecule has 1 aliphatic rings. The van der Waals surface area contributed by atoms with Crippen molar-refractivity contribution in [3.63, 3.8) is 0 Å². The van der Waals surface area contributed by atoms with Crippen LogP contribution in [0.1, 0.15) is 30.9 Å². The van der Waals surface area contributed by atoms with Gasteiger partial charge in [0.05, 0.1) is 0 Å². The molecule has 0 saturated carbocycles. The highest BCUT2D eigenvalue weighted by molar-refractivity contribution is 6.31. The summed E-state index contributed by atoms with van der Waals surface area (Å²) in [6, 6.07) is 4.95. The number of benzene rings is 1. The SMILES string of the molecule is Fc1cccc(Cl)c1C1CCCCN1. The second-order valence-electron chi connectivity index (χ2n) is 3.64. The summed E-state index contributed by atoms with van der Waals surface area (Å²) in [4.78, 5) is 0. The third kappa shape index (κ3) is 1.91. The molecule has 1 heterocycles. The molecular formula is C11H13ClFN. The van der Waals surface area contributed by atoms with Gasteiger partial charge in [-0.15, -0.1) is 0 Å². The van der Waals surface area contributed by atoms with E-state index in [4.69, 9.17) is 11.6 Å². The highest BCUT2D eigenvalue weighted by Crippen LogP contribution is 2.30. The van der Waals surface area contributed by atoms with Crippen molar-refractivity contribution in [1.82, 2.24) is 5.32 Å². The number of nitrogens with one attached hydrogen (secondary N) is 1. The lowest BCUT2D eigenvalue weighted by Crippen LogP contribution is -2.27. The van der Waals surface area contributed by atoms with Crippen molar-refractivity contribution >= 4 is 11.6 Å². The lowest BCUT2D eigenvalue weighted by molar-refractivity contribution is 0.400. The first-order valence-corrected chi connectivity index (χ1v) is 5.34. The molecule has 1 aliphatic heterocycles. The zero-order valence-electron chi connectivity index (χ0n) is 7.89. The van der Waals surface area contributed by atoms with Crippen LogP contribution >= 0.6 is 11.6 Å². The summed E-state index contributed by atoms with van der Waals surface area (Å²) in [6.07, 6.45) is 3.28. The van der Waals surface area contributed by atoms with Gasteiger partial charge in [0, 0.05) is 16.6 Å². The molecule has 3 heteroatoms. The van der Waals surface area contributed by atoms with Gasteiger partial charge in [0.1, 0.15) is 5.82 Å². The first-order valence-electron chi connectivity index (χ1n) is 4.96. The molecule has 0 spiro atoms. The van der Waals surface area contributed by atoms with E-state index in [1.165, 1.54) is 12.5 Å². The molecule has 0 amide bonds. The van der Waals surface area contributed by atoms with Crippen LogP contribution in [0.4, 0.5) is 4.39 Å². The Morgan fingerprint density at radius 3 is 2.86 bits per heavy atom. The van der Waals surface area contributed by atoms with Crippen LogP contribution in [-0.4, -0.2) is 6.54 Å². The van der Waals surface area contributed by atoms with Gasteiger partial charge in [0.25, 0.3) is 0 Å². The maximum atomic E-state index is 13.5. The lowest BCUT2D eigenvalue weighted by atomic mass is 9.97. The predicted molar refractivity (Wildman–Crippen MR) is 56.0 cm³/mol. The average molecular weight is 214 g/mol. The molecule has 1 fully saturated rings. The second-order valence-corrected chi connectivity index (χ2v) is 4.05. The van der Waals surface area contributed by atoms with Gasteiger partial charge in [-0.05, 0) is 31.5 Å². The van der Waals surface area contributed by atoms with Crippen LogP contribution in [0.25, 0.3) is 0 Å². The van der Waals surface area contributed by atoms with Crippen molar-refractivity contribution in [1.29, 1.82) is 0 Å². The number of hydrogen-bond donors (Lipinski definition) is 1. The summed E-state index contributed by atoms with van der Waals surface area (Å²) < 4.78 is 13.5. The quantitative estimate of drug-likeness (QED) is 0.755. The van der Waals surface area contributed by atoms with Gasteiger partial charge in [-0.2, -0.15) is 0 Å². The number of hydrogen-bond acceptors (Lipinski definition) is 1. The molecule has 1 nitrogen and oxygen atoms in total. The number of rotatable bonds is 1. The van der Waals surface area contributed by atoms with Crippen molar-refractivity contribution in [3.8, 4) is 0 Å². The second kappa shape index (κ2) is 4.28. The van der Waals surface area contributed by atoms with E-state index in [1.54, 1.807) is 12.1 Å².